The van der Waals surface area contributed by atoms with E-state index in [0.717, 1.165) is 0 Å². The Bertz CT molecular complexity index is 1340. The first kappa shape index (κ1) is 23.5. The molecule has 3 N–H and O–H groups in total. The van der Waals surface area contributed by atoms with E-state index in [1.54, 1.807) is 13.0 Å². The largest absolute Gasteiger partial charge is 0.508 e. The number of amides is 4. The summed E-state index contributed by atoms with van der Waals surface area (Å²) in [6, 6.07) is 1.62. The van der Waals surface area contributed by atoms with E-state index in [-0.39, 0.29) is 58.4 Å². The first-order valence-corrected chi connectivity index (χ1v) is 11.4. The molecule has 0 aromatic heterocycles. The standard InChI is InChI=1S/C26H24N2O8/c1-10-6-16(30)20-15(23(10)31)9-14-12(4-5-13-19(14)25(33)28(24(13)32)26(27)34)21(20)22-17(35-2)7-11(29)8-18(22)36-3/h4,6-8,13-14,19,21,29H,5,9H2,1-3H3,(H2,27,34). The highest BCUT2D eigenvalue weighted by Crippen LogP contribution is 2.57. The molecule has 4 atom stereocenters. The zero-order valence-corrected chi connectivity index (χ0v) is 19.9. The van der Waals surface area contributed by atoms with E-state index in [4.69, 9.17) is 15.2 Å². The van der Waals surface area contributed by atoms with E-state index in [2.05, 4.69) is 0 Å². The summed E-state index contributed by atoms with van der Waals surface area (Å²) in [5.41, 5.74) is 7.17. The number of Topliss-reactive ketones (excluding diaryl/α,β-unsaturated/α-hetero) is 1. The predicted octanol–water partition coefficient (Wildman–Crippen LogP) is 1.92. The molecule has 1 aromatic rings. The Balaban J connectivity index is 1.77. The van der Waals surface area contributed by atoms with Gasteiger partial charge in [-0.25, -0.2) is 4.79 Å². The van der Waals surface area contributed by atoms with Gasteiger partial charge < -0.3 is 20.3 Å². The number of imide groups is 3. The zero-order chi connectivity index (χ0) is 26.0. The quantitative estimate of drug-likeness (QED) is 0.369. The Morgan fingerprint density at radius 3 is 2.28 bits per heavy atom. The summed E-state index contributed by atoms with van der Waals surface area (Å²) in [4.78, 5) is 65.2. The van der Waals surface area contributed by atoms with Crippen LogP contribution >= 0.6 is 0 Å². The van der Waals surface area contributed by atoms with Gasteiger partial charge in [-0.1, -0.05) is 11.6 Å². The second kappa shape index (κ2) is 8.18. The van der Waals surface area contributed by atoms with Gasteiger partial charge >= 0.3 is 6.03 Å². The molecule has 5 rings (SSSR count). The van der Waals surface area contributed by atoms with Crippen molar-refractivity contribution >= 4 is 29.4 Å². The van der Waals surface area contributed by atoms with Crippen LogP contribution in [0.15, 0.2) is 46.6 Å². The molecule has 0 bridgehead atoms. The maximum Gasteiger partial charge on any atom is 0.328 e. The lowest BCUT2D eigenvalue weighted by molar-refractivity contribution is -0.136. The fraction of sp³-hybridized carbons (Fsp3) is 0.346. The van der Waals surface area contributed by atoms with Crippen molar-refractivity contribution in [1.82, 2.24) is 4.90 Å². The second-order valence-electron chi connectivity index (χ2n) is 9.34. The molecule has 0 saturated carbocycles. The topological polar surface area (TPSA) is 153 Å². The molecule has 0 spiro atoms. The van der Waals surface area contributed by atoms with Gasteiger partial charge in [0.1, 0.15) is 17.2 Å². The van der Waals surface area contributed by atoms with E-state index in [1.165, 1.54) is 32.4 Å². The Labute approximate surface area is 206 Å². The molecule has 10 nitrogen and oxygen atoms in total. The van der Waals surface area contributed by atoms with Crippen LogP contribution in [-0.2, 0) is 19.2 Å². The number of aromatic hydroxyl groups is 1. The van der Waals surface area contributed by atoms with Gasteiger partial charge in [-0.15, -0.1) is 0 Å². The minimum Gasteiger partial charge on any atom is -0.508 e. The van der Waals surface area contributed by atoms with Gasteiger partial charge in [0.15, 0.2) is 11.6 Å². The molecule has 4 amide bonds. The molecule has 4 aliphatic rings. The lowest BCUT2D eigenvalue weighted by atomic mass is 9.59. The van der Waals surface area contributed by atoms with Gasteiger partial charge in [0.25, 0.3) is 0 Å². The maximum atomic E-state index is 13.4. The number of carbonyl (C=O) groups excluding carboxylic acids is 5. The molecule has 3 aliphatic carbocycles. The van der Waals surface area contributed by atoms with Crippen molar-refractivity contribution in [3.63, 3.8) is 0 Å². The fourth-order valence-electron chi connectivity index (χ4n) is 6.14. The van der Waals surface area contributed by atoms with Crippen LogP contribution in [0.2, 0.25) is 0 Å². The number of methoxy groups -OCH3 is 2. The number of nitrogens with zero attached hydrogens (tertiary/aromatic N) is 1. The molecular formula is C26H24N2O8. The summed E-state index contributed by atoms with van der Waals surface area (Å²) < 4.78 is 11.1. The predicted molar refractivity (Wildman–Crippen MR) is 124 cm³/mol. The first-order valence-electron chi connectivity index (χ1n) is 11.4. The summed E-state index contributed by atoms with van der Waals surface area (Å²) in [7, 11) is 2.81. The lowest BCUT2D eigenvalue weighted by Gasteiger charge is -2.42. The number of hydrogen-bond donors (Lipinski definition) is 2. The number of hydrogen-bond acceptors (Lipinski definition) is 8. The van der Waals surface area contributed by atoms with Crippen LogP contribution in [0.3, 0.4) is 0 Å². The van der Waals surface area contributed by atoms with E-state index in [1.807, 2.05) is 0 Å². The molecule has 36 heavy (non-hydrogen) atoms. The van der Waals surface area contributed by atoms with Crippen molar-refractivity contribution < 1.29 is 38.6 Å². The smallest absolute Gasteiger partial charge is 0.328 e. The normalized spacial score (nSPS) is 27.2. The third-order valence-corrected chi connectivity index (χ3v) is 7.60. The third-order valence-electron chi connectivity index (χ3n) is 7.60. The van der Waals surface area contributed by atoms with Gasteiger partial charge in [-0.2, -0.15) is 4.90 Å². The number of fused-ring (bicyclic) bond motifs is 3. The molecule has 186 valence electrons. The number of likely N-dealkylation sites (tertiary alicyclic amines) is 1. The van der Waals surface area contributed by atoms with Gasteiger partial charge in [-0.3, -0.25) is 19.2 Å². The number of rotatable bonds is 3. The summed E-state index contributed by atoms with van der Waals surface area (Å²) in [6.07, 6.45) is 3.30. The number of nitrogens with two attached hydrogens (primary N) is 1. The number of benzene rings is 1. The molecule has 10 heteroatoms. The Kier molecular flexibility index (Phi) is 5.35. The van der Waals surface area contributed by atoms with E-state index in [9.17, 15) is 29.1 Å². The Morgan fingerprint density at radius 2 is 1.69 bits per heavy atom. The van der Waals surface area contributed by atoms with Crippen molar-refractivity contribution in [3.05, 3.63) is 52.1 Å². The highest BCUT2D eigenvalue weighted by atomic mass is 16.5. The van der Waals surface area contributed by atoms with Crippen LogP contribution < -0.4 is 15.2 Å². The van der Waals surface area contributed by atoms with Crippen molar-refractivity contribution in [3.8, 4) is 17.2 Å². The summed E-state index contributed by atoms with van der Waals surface area (Å²) in [6.45, 7) is 1.55. The minimum absolute atomic E-state index is 0.0585. The molecule has 4 unspecified atom stereocenters. The average Bonchev–Trinajstić information content (AvgIpc) is 3.10. The highest BCUT2D eigenvalue weighted by Gasteiger charge is 2.58. The molecule has 1 saturated heterocycles. The lowest BCUT2D eigenvalue weighted by Crippen LogP contribution is -2.42. The van der Waals surface area contributed by atoms with Crippen LogP contribution in [0.25, 0.3) is 0 Å². The van der Waals surface area contributed by atoms with E-state index in [0.29, 0.717) is 16.0 Å². The van der Waals surface area contributed by atoms with Crippen molar-refractivity contribution in [2.24, 2.45) is 23.5 Å². The van der Waals surface area contributed by atoms with Crippen LogP contribution in [0.1, 0.15) is 31.2 Å². The van der Waals surface area contributed by atoms with Crippen LogP contribution in [0.5, 0.6) is 17.2 Å². The van der Waals surface area contributed by atoms with E-state index < -0.39 is 41.5 Å². The molecule has 0 radical (unpaired) electrons. The van der Waals surface area contributed by atoms with E-state index >= 15 is 0 Å². The number of primary amides is 1. The number of carbonyl (C=O) groups is 5. The van der Waals surface area contributed by atoms with Gasteiger partial charge in [0, 0.05) is 40.3 Å². The van der Waals surface area contributed by atoms with Crippen molar-refractivity contribution in [2.45, 2.75) is 25.7 Å². The van der Waals surface area contributed by atoms with Crippen molar-refractivity contribution in [2.75, 3.05) is 14.2 Å². The third kappa shape index (κ3) is 3.13. The molecule has 1 heterocycles. The molecule has 1 aliphatic heterocycles. The fourth-order valence-corrected chi connectivity index (χ4v) is 6.14. The first-order chi connectivity index (χ1) is 17.1. The molecule has 1 fully saturated rings. The molecular weight excluding hydrogens is 468 g/mol. The number of ketones is 2. The number of phenolic OH excluding ortho intramolecular Hbond substituents is 1. The zero-order valence-electron chi connectivity index (χ0n) is 19.9. The number of phenols is 1. The van der Waals surface area contributed by atoms with Crippen LogP contribution in [-0.4, -0.2) is 53.6 Å². The average molecular weight is 492 g/mol. The van der Waals surface area contributed by atoms with Crippen LogP contribution in [0.4, 0.5) is 4.79 Å². The Hall–Kier alpha value is -4.21. The monoisotopic (exact) mass is 492 g/mol. The second-order valence-corrected chi connectivity index (χ2v) is 9.34. The summed E-state index contributed by atoms with van der Waals surface area (Å²) in [5, 5.41) is 10.2. The summed E-state index contributed by atoms with van der Waals surface area (Å²) in [5.74, 6) is -4.89. The molecule has 1 aromatic carbocycles. The van der Waals surface area contributed by atoms with Gasteiger partial charge in [-0.05, 0) is 31.8 Å². The van der Waals surface area contributed by atoms with Crippen LogP contribution in [0, 0.1) is 17.8 Å². The Morgan fingerprint density at radius 1 is 1.06 bits per heavy atom. The highest BCUT2D eigenvalue weighted by molar-refractivity contribution is 6.24. The van der Waals surface area contributed by atoms with Crippen molar-refractivity contribution in [1.29, 1.82) is 0 Å². The van der Waals surface area contributed by atoms with Gasteiger partial charge in [0.2, 0.25) is 11.8 Å². The number of allylic oxidation sites excluding steroid dienone is 6. The minimum atomic E-state index is -1.14. The SMILES string of the molecule is COc1cc(O)cc(OC)c1C1C2=CCC3C(=O)N(C(N)=O)C(=O)C3C2CC2=C1C(=O)C=C(C)C2=O. The number of urea groups is 1. The maximum absolute atomic E-state index is 13.4. The summed E-state index contributed by atoms with van der Waals surface area (Å²) >= 11 is 0. The number of ether oxygens (including phenoxy) is 2. The van der Waals surface area contributed by atoms with Gasteiger partial charge in [0.05, 0.1) is 26.1 Å².